The van der Waals surface area contributed by atoms with Crippen LogP contribution in [0.2, 0.25) is 0 Å². The van der Waals surface area contributed by atoms with Crippen molar-refractivity contribution in [3.05, 3.63) is 0 Å². The van der Waals surface area contributed by atoms with E-state index >= 15 is 0 Å². The van der Waals surface area contributed by atoms with Crippen molar-refractivity contribution in [2.24, 2.45) is 5.73 Å². The minimum atomic E-state index is 0.279. The number of nitrogens with two attached hydrogens (primary N) is 1. The zero-order valence-corrected chi connectivity index (χ0v) is 10.2. The minimum absolute atomic E-state index is 0.279. The highest BCUT2D eigenvalue weighted by atomic mass is 16.5. The number of hydrogen-bond acceptors (Lipinski definition) is 3. The predicted molar refractivity (Wildman–Crippen MR) is 64.0 cm³/mol. The predicted octanol–water partition coefficient (Wildman–Crippen LogP) is 1.61. The molecule has 1 rings (SSSR count). The number of nitrogens with zero attached hydrogens (tertiary/aromatic N) is 1. The Labute approximate surface area is 94.0 Å². The van der Waals surface area contributed by atoms with Gasteiger partial charge in [-0.2, -0.15) is 0 Å². The van der Waals surface area contributed by atoms with Gasteiger partial charge in [-0.25, -0.2) is 0 Å². The van der Waals surface area contributed by atoms with Crippen LogP contribution in [0.3, 0.4) is 0 Å². The first-order valence-electron chi connectivity index (χ1n) is 6.29. The molecule has 0 aromatic rings. The summed E-state index contributed by atoms with van der Waals surface area (Å²) in [5, 5.41) is 0. The zero-order valence-electron chi connectivity index (χ0n) is 10.2. The van der Waals surface area contributed by atoms with E-state index in [1.165, 1.54) is 19.4 Å². The molecule has 0 aliphatic carbocycles. The van der Waals surface area contributed by atoms with E-state index in [-0.39, 0.29) is 6.10 Å². The molecule has 0 saturated carbocycles. The topological polar surface area (TPSA) is 38.5 Å². The lowest BCUT2D eigenvalue weighted by Gasteiger charge is -2.21. The lowest BCUT2D eigenvalue weighted by molar-refractivity contribution is 0.0420. The Morgan fingerprint density at radius 3 is 2.87 bits per heavy atom. The van der Waals surface area contributed by atoms with Crippen LogP contribution in [-0.4, -0.2) is 43.8 Å². The summed E-state index contributed by atoms with van der Waals surface area (Å²) in [6.07, 6.45) is 6.37. The number of ether oxygens (including phenoxy) is 1. The quantitative estimate of drug-likeness (QED) is 0.700. The second kappa shape index (κ2) is 7.20. The van der Waals surface area contributed by atoms with Crippen LogP contribution in [0.5, 0.6) is 0 Å². The summed E-state index contributed by atoms with van der Waals surface area (Å²) in [6, 6.07) is 0.741. The molecule has 3 heteroatoms. The molecule has 90 valence electrons. The van der Waals surface area contributed by atoms with Gasteiger partial charge in [0.1, 0.15) is 0 Å². The Kier molecular flexibility index (Phi) is 6.22. The first-order valence-corrected chi connectivity index (χ1v) is 6.29. The summed E-state index contributed by atoms with van der Waals surface area (Å²) in [4.78, 5) is 2.45. The maximum absolute atomic E-state index is 5.79. The van der Waals surface area contributed by atoms with Crippen LogP contribution >= 0.6 is 0 Å². The van der Waals surface area contributed by atoms with Crippen LogP contribution < -0.4 is 5.73 Å². The highest BCUT2D eigenvalue weighted by Gasteiger charge is 2.20. The molecule has 1 aliphatic rings. The smallest absolute Gasteiger partial charge is 0.0697 e. The maximum atomic E-state index is 5.79. The molecule has 2 atom stereocenters. The molecule has 0 aromatic carbocycles. The molecule has 0 radical (unpaired) electrons. The summed E-state index contributed by atoms with van der Waals surface area (Å²) in [6.45, 7) is 4.96. The van der Waals surface area contributed by atoms with E-state index in [2.05, 4.69) is 18.9 Å². The van der Waals surface area contributed by atoms with E-state index in [0.29, 0.717) is 6.54 Å². The summed E-state index contributed by atoms with van der Waals surface area (Å²) < 4.78 is 5.79. The largest absolute Gasteiger partial charge is 0.377 e. The number of rotatable bonds is 7. The van der Waals surface area contributed by atoms with Gasteiger partial charge in [-0.05, 0) is 39.3 Å². The molecule has 1 aliphatic heterocycles. The van der Waals surface area contributed by atoms with Gasteiger partial charge >= 0.3 is 0 Å². The Balaban J connectivity index is 2.08. The highest BCUT2D eigenvalue weighted by molar-refractivity contribution is 4.76. The van der Waals surface area contributed by atoms with Gasteiger partial charge in [-0.3, -0.25) is 0 Å². The molecule has 1 fully saturated rings. The fourth-order valence-electron chi connectivity index (χ4n) is 2.31. The van der Waals surface area contributed by atoms with Crippen LogP contribution in [0.1, 0.15) is 39.0 Å². The Hall–Kier alpha value is -0.120. The maximum Gasteiger partial charge on any atom is 0.0697 e. The minimum Gasteiger partial charge on any atom is -0.377 e. The average molecular weight is 214 g/mol. The summed E-state index contributed by atoms with van der Waals surface area (Å²) in [5.74, 6) is 0. The normalized spacial score (nSPS) is 24.6. The van der Waals surface area contributed by atoms with E-state index in [4.69, 9.17) is 10.5 Å². The van der Waals surface area contributed by atoms with E-state index < -0.39 is 0 Å². The van der Waals surface area contributed by atoms with Gasteiger partial charge < -0.3 is 15.4 Å². The molecule has 0 spiro atoms. The van der Waals surface area contributed by atoms with Crippen LogP contribution in [0.25, 0.3) is 0 Å². The van der Waals surface area contributed by atoms with Gasteiger partial charge in [0.2, 0.25) is 0 Å². The third kappa shape index (κ3) is 4.49. The van der Waals surface area contributed by atoms with Gasteiger partial charge in [0.15, 0.2) is 0 Å². The Morgan fingerprint density at radius 1 is 1.53 bits per heavy atom. The van der Waals surface area contributed by atoms with Gasteiger partial charge in [-0.15, -0.1) is 0 Å². The van der Waals surface area contributed by atoms with Gasteiger partial charge in [0.05, 0.1) is 6.10 Å². The third-order valence-corrected chi connectivity index (χ3v) is 3.35. The van der Waals surface area contributed by atoms with Gasteiger partial charge in [0.25, 0.3) is 0 Å². The molecule has 0 bridgehead atoms. The molecule has 3 nitrogen and oxygen atoms in total. The fraction of sp³-hybridized carbons (Fsp3) is 1.00. The van der Waals surface area contributed by atoms with Gasteiger partial charge in [-0.1, -0.05) is 13.3 Å². The average Bonchev–Trinajstić information content (AvgIpc) is 2.63. The Morgan fingerprint density at radius 2 is 2.33 bits per heavy atom. The fourth-order valence-corrected chi connectivity index (χ4v) is 2.31. The van der Waals surface area contributed by atoms with E-state index in [1.54, 1.807) is 0 Å². The van der Waals surface area contributed by atoms with Crippen molar-refractivity contribution in [3.8, 4) is 0 Å². The van der Waals surface area contributed by atoms with Crippen LogP contribution in [0.4, 0.5) is 0 Å². The summed E-state index contributed by atoms with van der Waals surface area (Å²) >= 11 is 0. The van der Waals surface area contributed by atoms with Crippen LogP contribution in [0, 0.1) is 0 Å². The van der Waals surface area contributed by atoms with E-state index in [0.717, 1.165) is 31.9 Å². The van der Waals surface area contributed by atoms with Crippen molar-refractivity contribution in [1.82, 2.24) is 4.90 Å². The Bertz CT molecular complexity index is 164. The summed E-state index contributed by atoms with van der Waals surface area (Å²) in [5.41, 5.74) is 5.64. The lowest BCUT2D eigenvalue weighted by Crippen LogP contribution is -2.29. The molecule has 0 aromatic heterocycles. The van der Waals surface area contributed by atoms with Crippen molar-refractivity contribution in [1.29, 1.82) is 0 Å². The second-order valence-electron chi connectivity index (χ2n) is 4.58. The highest BCUT2D eigenvalue weighted by Crippen LogP contribution is 2.17. The van der Waals surface area contributed by atoms with Crippen molar-refractivity contribution >= 4 is 0 Å². The van der Waals surface area contributed by atoms with Crippen molar-refractivity contribution < 1.29 is 4.74 Å². The van der Waals surface area contributed by atoms with Crippen LogP contribution in [-0.2, 0) is 4.74 Å². The van der Waals surface area contributed by atoms with Crippen molar-refractivity contribution in [3.63, 3.8) is 0 Å². The van der Waals surface area contributed by atoms with Crippen molar-refractivity contribution in [2.45, 2.75) is 51.2 Å². The second-order valence-corrected chi connectivity index (χ2v) is 4.58. The van der Waals surface area contributed by atoms with E-state index in [9.17, 15) is 0 Å². The molecule has 1 heterocycles. The third-order valence-electron chi connectivity index (χ3n) is 3.35. The first kappa shape index (κ1) is 12.9. The number of likely N-dealkylation sites (tertiary alicyclic amines) is 1. The lowest BCUT2D eigenvalue weighted by atomic mass is 10.1. The summed E-state index contributed by atoms with van der Waals surface area (Å²) in [7, 11) is 2.21. The first-order chi connectivity index (χ1) is 7.27. The van der Waals surface area contributed by atoms with Crippen molar-refractivity contribution in [2.75, 3.05) is 26.7 Å². The molecule has 2 N–H and O–H groups in total. The molecule has 15 heavy (non-hydrogen) atoms. The SMILES string of the molecule is CCCC(CN)OCCC1CCCN1C. The van der Waals surface area contributed by atoms with Gasteiger partial charge in [0, 0.05) is 19.2 Å². The monoisotopic (exact) mass is 214 g/mol. The standard InChI is InChI=1S/C12H26N2O/c1-3-5-12(10-13)15-9-7-11-6-4-8-14(11)2/h11-12H,3-10,13H2,1-2H3. The molecule has 2 unspecified atom stereocenters. The molecular weight excluding hydrogens is 188 g/mol. The number of hydrogen-bond donors (Lipinski definition) is 1. The van der Waals surface area contributed by atoms with E-state index in [1.807, 2.05) is 0 Å². The van der Waals surface area contributed by atoms with Crippen LogP contribution in [0.15, 0.2) is 0 Å². The zero-order chi connectivity index (χ0) is 11.1. The molecule has 0 amide bonds. The molecular formula is C12H26N2O. The molecule has 1 saturated heterocycles.